The van der Waals surface area contributed by atoms with Crippen LogP contribution in [0.15, 0.2) is 28.8 Å². The molecule has 6 heteroatoms. The summed E-state index contributed by atoms with van der Waals surface area (Å²) in [7, 11) is 1.71. The van der Waals surface area contributed by atoms with Gasteiger partial charge in [-0.3, -0.25) is 4.99 Å². The first-order chi connectivity index (χ1) is 9.27. The molecule has 110 valence electrons. The molecule has 1 aromatic carbocycles. The van der Waals surface area contributed by atoms with E-state index in [9.17, 15) is 17.6 Å². The molecule has 1 aromatic rings. The highest BCUT2D eigenvalue weighted by Gasteiger charge is 2.31. The smallest absolute Gasteiger partial charge is 0.301 e. The van der Waals surface area contributed by atoms with E-state index < -0.39 is 17.6 Å². The number of hydrogen-bond donors (Lipinski definition) is 1. The summed E-state index contributed by atoms with van der Waals surface area (Å²) in [5, 5.41) is 2.79. The Hall–Kier alpha value is -1.69. The molecule has 0 bridgehead atoms. The predicted octanol–water partition coefficient (Wildman–Crippen LogP) is 3.89. The Morgan fingerprint density at radius 1 is 1.30 bits per heavy atom. The number of nitrogens with zero attached hydrogens (tertiary/aromatic N) is 1. The van der Waals surface area contributed by atoms with Crippen molar-refractivity contribution in [2.75, 3.05) is 13.7 Å². The van der Waals surface area contributed by atoms with Crippen LogP contribution in [-0.2, 0) is 6.18 Å². The second-order valence-electron chi connectivity index (χ2n) is 4.43. The number of benzene rings is 1. The molecule has 0 amide bonds. The average molecular weight is 288 g/mol. The van der Waals surface area contributed by atoms with Gasteiger partial charge in [0.1, 0.15) is 5.82 Å². The molecule has 1 N–H and O–H groups in total. The van der Waals surface area contributed by atoms with Crippen LogP contribution in [0.3, 0.4) is 0 Å². The summed E-state index contributed by atoms with van der Waals surface area (Å²) in [5.74, 6) is -0.910. The minimum absolute atomic E-state index is 0.109. The van der Waals surface area contributed by atoms with Gasteiger partial charge in [0.15, 0.2) is 0 Å². The van der Waals surface area contributed by atoms with Crippen LogP contribution < -0.4 is 5.32 Å². The molecule has 0 aromatic heterocycles. The Morgan fingerprint density at radius 3 is 2.40 bits per heavy atom. The van der Waals surface area contributed by atoms with Crippen LogP contribution in [0.2, 0.25) is 0 Å². The molecule has 1 rings (SSSR count). The Balaban J connectivity index is 3.21. The van der Waals surface area contributed by atoms with Crippen LogP contribution in [0.25, 0.3) is 5.57 Å². The summed E-state index contributed by atoms with van der Waals surface area (Å²) in [4.78, 5) is 4.02. The summed E-state index contributed by atoms with van der Waals surface area (Å²) in [6, 6.07) is 2.50. The highest BCUT2D eigenvalue weighted by atomic mass is 19.4. The highest BCUT2D eigenvalue weighted by molar-refractivity contribution is 6.10. The Kier molecular flexibility index (Phi) is 5.44. The van der Waals surface area contributed by atoms with Crippen LogP contribution in [0.5, 0.6) is 0 Å². The maximum absolute atomic E-state index is 13.9. The topological polar surface area (TPSA) is 24.4 Å². The summed E-state index contributed by atoms with van der Waals surface area (Å²) < 4.78 is 51.4. The van der Waals surface area contributed by atoms with E-state index in [0.29, 0.717) is 18.3 Å². The zero-order valence-corrected chi connectivity index (χ0v) is 11.5. The van der Waals surface area contributed by atoms with Crippen molar-refractivity contribution in [3.05, 3.63) is 40.7 Å². The van der Waals surface area contributed by atoms with Crippen molar-refractivity contribution in [1.29, 1.82) is 0 Å². The second-order valence-corrected chi connectivity index (χ2v) is 4.43. The van der Waals surface area contributed by atoms with E-state index in [1.54, 1.807) is 20.9 Å². The SMILES string of the molecule is CNCN=CC(=C(C)C)c1ccc(C(F)(F)F)cc1F. The van der Waals surface area contributed by atoms with Gasteiger partial charge in [-0.25, -0.2) is 4.39 Å². The summed E-state index contributed by atoms with van der Waals surface area (Å²) in [5.41, 5.74) is 0.354. The molecule has 0 heterocycles. The summed E-state index contributed by atoms with van der Waals surface area (Å²) >= 11 is 0. The third-order valence-corrected chi connectivity index (χ3v) is 2.60. The first kappa shape index (κ1) is 16.4. The van der Waals surface area contributed by atoms with Gasteiger partial charge in [-0.05, 0) is 33.0 Å². The van der Waals surface area contributed by atoms with Crippen molar-refractivity contribution in [3.63, 3.8) is 0 Å². The fourth-order valence-corrected chi connectivity index (χ4v) is 1.61. The second kappa shape index (κ2) is 6.65. The van der Waals surface area contributed by atoms with E-state index in [1.807, 2.05) is 0 Å². The van der Waals surface area contributed by atoms with Gasteiger partial charge in [0.05, 0.1) is 12.2 Å². The lowest BCUT2D eigenvalue weighted by molar-refractivity contribution is -0.137. The van der Waals surface area contributed by atoms with Gasteiger partial charge >= 0.3 is 6.18 Å². The van der Waals surface area contributed by atoms with E-state index in [-0.39, 0.29) is 5.56 Å². The van der Waals surface area contributed by atoms with E-state index in [0.717, 1.165) is 17.7 Å². The van der Waals surface area contributed by atoms with Gasteiger partial charge in [-0.15, -0.1) is 0 Å². The number of hydrogen-bond acceptors (Lipinski definition) is 2. The first-order valence-electron chi connectivity index (χ1n) is 5.96. The van der Waals surface area contributed by atoms with Crippen LogP contribution >= 0.6 is 0 Å². The standard InChI is InChI=1S/C14H16F4N2/c1-9(2)12(7-20-8-19-3)11-5-4-10(6-13(11)15)14(16,17)18/h4-7,19H,8H2,1-3H3. The van der Waals surface area contributed by atoms with E-state index in [1.165, 1.54) is 6.21 Å². The van der Waals surface area contributed by atoms with Gasteiger partial charge in [0, 0.05) is 17.4 Å². The van der Waals surface area contributed by atoms with Gasteiger partial charge < -0.3 is 5.32 Å². The lowest BCUT2D eigenvalue weighted by Gasteiger charge is -2.11. The minimum Gasteiger partial charge on any atom is -0.301 e. The number of alkyl halides is 3. The molecule has 20 heavy (non-hydrogen) atoms. The lowest BCUT2D eigenvalue weighted by Crippen LogP contribution is -2.07. The van der Waals surface area contributed by atoms with Crippen LogP contribution in [0.1, 0.15) is 25.0 Å². The number of rotatable bonds is 4. The molecule has 0 saturated heterocycles. The van der Waals surface area contributed by atoms with E-state index in [4.69, 9.17) is 0 Å². The van der Waals surface area contributed by atoms with Gasteiger partial charge in [-0.1, -0.05) is 11.6 Å². The fourth-order valence-electron chi connectivity index (χ4n) is 1.61. The number of aliphatic imine (C=N–C) groups is 1. The quantitative estimate of drug-likeness (QED) is 0.660. The third-order valence-electron chi connectivity index (χ3n) is 2.60. The zero-order chi connectivity index (χ0) is 15.3. The molecule has 0 spiro atoms. The van der Waals surface area contributed by atoms with Gasteiger partial charge in [-0.2, -0.15) is 13.2 Å². The maximum Gasteiger partial charge on any atom is 0.416 e. The summed E-state index contributed by atoms with van der Waals surface area (Å²) in [6.45, 7) is 3.84. The molecule has 0 aliphatic carbocycles. The molecule has 0 radical (unpaired) electrons. The van der Waals surface area contributed by atoms with E-state index in [2.05, 4.69) is 10.3 Å². The molecular weight excluding hydrogens is 272 g/mol. The third kappa shape index (κ3) is 4.16. The monoisotopic (exact) mass is 288 g/mol. The normalized spacial score (nSPS) is 11.9. The van der Waals surface area contributed by atoms with Gasteiger partial charge in [0.25, 0.3) is 0 Å². The van der Waals surface area contributed by atoms with Crippen molar-refractivity contribution in [2.24, 2.45) is 4.99 Å². The maximum atomic E-state index is 13.9. The molecule has 0 aliphatic rings. The molecule has 2 nitrogen and oxygen atoms in total. The molecule has 0 saturated carbocycles. The Morgan fingerprint density at radius 2 is 1.95 bits per heavy atom. The van der Waals surface area contributed by atoms with Crippen molar-refractivity contribution >= 4 is 11.8 Å². The predicted molar refractivity (Wildman–Crippen MR) is 72.1 cm³/mol. The number of nitrogens with one attached hydrogen (secondary N) is 1. The molecule has 0 unspecified atom stereocenters. The molecular formula is C14H16F4N2. The molecule has 0 fully saturated rings. The minimum atomic E-state index is -4.55. The lowest BCUT2D eigenvalue weighted by atomic mass is 10.00. The van der Waals surface area contributed by atoms with Crippen molar-refractivity contribution in [3.8, 4) is 0 Å². The summed E-state index contributed by atoms with van der Waals surface area (Å²) in [6.07, 6.45) is -3.10. The van der Waals surface area contributed by atoms with Gasteiger partial charge in [0.2, 0.25) is 0 Å². The van der Waals surface area contributed by atoms with Crippen LogP contribution in [0, 0.1) is 5.82 Å². The molecule has 0 aliphatic heterocycles. The largest absolute Gasteiger partial charge is 0.416 e. The average Bonchev–Trinajstić information content (AvgIpc) is 2.34. The fraction of sp³-hybridized carbons (Fsp3) is 0.357. The highest BCUT2D eigenvalue weighted by Crippen LogP contribution is 2.31. The first-order valence-corrected chi connectivity index (χ1v) is 5.96. The van der Waals surface area contributed by atoms with Crippen LogP contribution in [0.4, 0.5) is 17.6 Å². The zero-order valence-electron chi connectivity index (χ0n) is 11.5. The molecule has 0 atom stereocenters. The van der Waals surface area contributed by atoms with Crippen molar-refractivity contribution < 1.29 is 17.6 Å². The van der Waals surface area contributed by atoms with Crippen LogP contribution in [-0.4, -0.2) is 19.9 Å². The van der Waals surface area contributed by atoms with Crippen molar-refractivity contribution in [1.82, 2.24) is 5.32 Å². The number of halogens is 4. The Labute approximate surface area is 115 Å². The van der Waals surface area contributed by atoms with E-state index >= 15 is 0 Å². The van der Waals surface area contributed by atoms with Crippen molar-refractivity contribution in [2.45, 2.75) is 20.0 Å². The number of allylic oxidation sites excluding steroid dienone is 2. The Bertz CT molecular complexity index is 526.